The summed E-state index contributed by atoms with van der Waals surface area (Å²) in [6.45, 7) is 4.29. The molecule has 108 valence electrons. The smallest absolute Gasteiger partial charge is 0.256 e. The first kappa shape index (κ1) is 14.4. The van der Waals surface area contributed by atoms with Crippen molar-refractivity contribution in [3.8, 4) is 0 Å². The average Bonchev–Trinajstić information content (AvgIpc) is 2.69. The molecule has 2 N–H and O–H groups in total. The van der Waals surface area contributed by atoms with Crippen molar-refractivity contribution in [1.29, 1.82) is 0 Å². The Morgan fingerprint density at radius 2 is 2.20 bits per heavy atom. The van der Waals surface area contributed by atoms with Crippen molar-refractivity contribution in [2.45, 2.75) is 19.8 Å². The Morgan fingerprint density at radius 3 is 3.00 bits per heavy atom. The van der Waals surface area contributed by atoms with Crippen LogP contribution in [0.5, 0.6) is 0 Å². The molecule has 1 fully saturated rings. The predicted molar refractivity (Wildman–Crippen MR) is 78.8 cm³/mol. The summed E-state index contributed by atoms with van der Waals surface area (Å²) in [5.41, 5.74) is 1.47. The molecule has 1 aliphatic rings. The molecule has 0 radical (unpaired) electrons. The summed E-state index contributed by atoms with van der Waals surface area (Å²) in [5, 5.41) is 6.04. The largest absolute Gasteiger partial charge is 0.384 e. The van der Waals surface area contributed by atoms with Gasteiger partial charge in [0.05, 0.1) is 12.1 Å². The number of benzene rings is 1. The lowest BCUT2D eigenvalue weighted by molar-refractivity contribution is -0.121. The molecule has 0 aromatic heterocycles. The van der Waals surface area contributed by atoms with E-state index >= 15 is 0 Å². The lowest BCUT2D eigenvalue weighted by Crippen LogP contribution is -2.37. The standard InChI is InChI=1S/C15H21N3O2/c1-2-8-16-13-7-4-3-6-12(13)15(20)18-10-5-9-17-14(19)11-18/h3-4,6-7,16H,2,5,8-11H2,1H3,(H,17,19). The molecule has 2 amide bonds. The number of anilines is 1. The molecule has 2 rings (SSSR count). The number of carbonyl (C=O) groups is 2. The molecule has 1 heterocycles. The maximum absolute atomic E-state index is 12.6. The van der Waals surface area contributed by atoms with Crippen LogP contribution in [-0.2, 0) is 4.79 Å². The van der Waals surface area contributed by atoms with Gasteiger partial charge in [-0.05, 0) is 25.0 Å². The quantitative estimate of drug-likeness (QED) is 0.874. The number of rotatable bonds is 4. The van der Waals surface area contributed by atoms with E-state index < -0.39 is 0 Å². The van der Waals surface area contributed by atoms with E-state index in [0.717, 1.165) is 25.1 Å². The molecule has 0 spiro atoms. The molecule has 0 bridgehead atoms. The molecule has 1 aromatic rings. The second-order valence-electron chi connectivity index (χ2n) is 4.90. The van der Waals surface area contributed by atoms with E-state index in [1.807, 2.05) is 24.3 Å². The van der Waals surface area contributed by atoms with Crippen LogP contribution in [0.1, 0.15) is 30.1 Å². The predicted octanol–water partition coefficient (Wildman–Crippen LogP) is 1.47. The van der Waals surface area contributed by atoms with Gasteiger partial charge in [0.2, 0.25) is 5.91 Å². The molecule has 1 aromatic carbocycles. The lowest BCUT2D eigenvalue weighted by Gasteiger charge is -2.21. The zero-order valence-corrected chi connectivity index (χ0v) is 11.8. The van der Waals surface area contributed by atoms with Crippen molar-refractivity contribution in [3.63, 3.8) is 0 Å². The summed E-state index contributed by atoms with van der Waals surface area (Å²) < 4.78 is 0. The Labute approximate surface area is 119 Å². The summed E-state index contributed by atoms with van der Waals surface area (Å²) in [6, 6.07) is 7.47. The zero-order valence-electron chi connectivity index (χ0n) is 11.8. The fourth-order valence-electron chi connectivity index (χ4n) is 2.23. The van der Waals surface area contributed by atoms with Crippen LogP contribution in [0.25, 0.3) is 0 Å². The number of nitrogens with one attached hydrogen (secondary N) is 2. The highest BCUT2D eigenvalue weighted by Gasteiger charge is 2.22. The lowest BCUT2D eigenvalue weighted by atomic mass is 10.1. The summed E-state index contributed by atoms with van der Waals surface area (Å²) in [5.74, 6) is -0.170. The third-order valence-corrected chi connectivity index (χ3v) is 3.27. The van der Waals surface area contributed by atoms with Gasteiger partial charge in [0, 0.05) is 25.3 Å². The zero-order chi connectivity index (χ0) is 14.4. The van der Waals surface area contributed by atoms with Gasteiger partial charge in [-0.15, -0.1) is 0 Å². The normalized spacial score (nSPS) is 15.4. The molecule has 0 aliphatic carbocycles. The van der Waals surface area contributed by atoms with Crippen molar-refractivity contribution in [1.82, 2.24) is 10.2 Å². The van der Waals surface area contributed by atoms with Crippen LogP contribution in [0.3, 0.4) is 0 Å². The second kappa shape index (κ2) is 6.93. The monoisotopic (exact) mass is 275 g/mol. The van der Waals surface area contributed by atoms with Crippen molar-refractivity contribution in [2.24, 2.45) is 0 Å². The Hall–Kier alpha value is -2.04. The number of hydrogen-bond acceptors (Lipinski definition) is 3. The molecule has 0 saturated carbocycles. The third-order valence-electron chi connectivity index (χ3n) is 3.27. The Kier molecular flexibility index (Phi) is 4.98. The minimum Gasteiger partial charge on any atom is -0.384 e. The highest BCUT2D eigenvalue weighted by atomic mass is 16.2. The third kappa shape index (κ3) is 3.50. The first-order chi connectivity index (χ1) is 9.72. The van der Waals surface area contributed by atoms with E-state index in [2.05, 4.69) is 17.6 Å². The molecular formula is C15H21N3O2. The van der Waals surface area contributed by atoms with Crippen LogP contribution in [0.2, 0.25) is 0 Å². The van der Waals surface area contributed by atoms with Crippen LogP contribution in [0.15, 0.2) is 24.3 Å². The van der Waals surface area contributed by atoms with Gasteiger partial charge < -0.3 is 15.5 Å². The Bertz CT molecular complexity index is 488. The maximum Gasteiger partial charge on any atom is 0.256 e. The number of nitrogens with zero attached hydrogens (tertiary/aromatic N) is 1. The summed E-state index contributed by atoms with van der Waals surface area (Å²) in [4.78, 5) is 25.8. The van der Waals surface area contributed by atoms with E-state index in [1.165, 1.54) is 0 Å². The molecule has 5 heteroatoms. The van der Waals surface area contributed by atoms with E-state index in [9.17, 15) is 9.59 Å². The van der Waals surface area contributed by atoms with Gasteiger partial charge in [0.15, 0.2) is 0 Å². The molecule has 1 aliphatic heterocycles. The first-order valence-corrected chi connectivity index (χ1v) is 7.11. The number of carbonyl (C=O) groups excluding carboxylic acids is 2. The SMILES string of the molecule is CCCNc1ccccc1C(=O)N1CCCNC(=O)C1. The number of para-hydroxylation sites is 1. The average molecular weight is 275 g/mol. The van der Waals surface area contributed by atoms with Gasteiger partial charge in [0.25, 0.3) is 5.91 Å². The van der Waals surface area contributed by atoms with Gasteiger partial charge in [-0.3, -0.25) is 9.59 Å². The molecule has 0 unspecified atom stereocenters. The van der Waals surface area contributed by atoms with Crippen molar-refractivity contribution in [2.75, 3.05) is 31.5 Å². The Balaban J connectivity index is 2.17. The molecule has 0 atom stereocenters. The highest BCUT2D eigenvalue weighted by molar-refractivity contribution is 6.01. The van der Waals surface area contributed by atoms with Crippen molar-refractivity contribution < 1.29 is 9.59 Å². The second-order valence-corrected chi connectivity index (χ2v) is 4.90. The van der Waals surface area contributed by atoms with Crippen LogP contribution in [-0.4, -0.2) is 42.9 Å². The van der Waals surface area contributed by atoms with Gasteiger partial charge >= 0.3 is 0 Å². The minimum atomic E-state index is -0.0881. The van der Waals surface area contributed by atoms with E-state index in [4.69, 9.17) is 0 Å². The summed E-state index contributed by atoms with van der Waals surface area (Å²) >= 11 is 0. The topological polar surface area (TPSA) is 61.4 Å². The van der Waals surface area contributed by atoms with E-state index in [0.29, 0.717) is 18.7 Å². The fourth-order valence-corrected chi connectivity index (χ4v) is 2.23. The van der Waals surface area contributed by atoms with Crippen LogP contribution in [0, 0.1) is 0 Å². The van der Waals surface area contributed by atoms with Crippen LogP contribution >= 0.6 is 0 Å². The van der Waals surface area contributed by atoms with Crippen LogP contribution in [0.4, 0.5) is 5.69 Å². The molecule has 5 nitrogen and oxygen atoms in total. The Morgan fingerprint density at radius 1 is 1.40 bits per heavy atom. The molecular weight excluding hydrogens is 254 g/mol. The molecule has 1 saturated heterocycles. The number of hydrogen-bond donors (Lipinski definition) is 2. The van der Waals surface area contributed by atoms with Crippen LogP contribution < -0.4 is 10.6 Å². The first-order valence-electron chi connectivity index (χ1n) is 7.11. The minimum absolute atomic E-state index is 0.0822. The van der Waals surface area contributed by atoms with E-state index in [-0.39, 0.29) is 18.4 Å². The van der Waals surface area contributed by atoms with Gasteiger partial charge in [-0.25, -0.2) is 0 Å². The number of amides is 2. The van der Waals surface area contributed by atoms with Crippen molar-refractivity contribution >= 4 is 17.5 Å². The van der Waals surface area contributed by atoms with Gasteiger partial charge in [-0.2, -0.15) is 0 Å². The van der Waals surface area contributed by atoms with E-state index in [1.54, 1.807) is 4.90 Å². The maximum atomic E-state index is 12.6. The summed E-state index contributed by atoms with van der Waals surface area (Å²) in [6.07, 6.45) is 1.79. The van der Waals surface area contributed by atoms with Crippen molar-refractivity contribution in [3.05, 3.63) is 29.8 Å². The van der Waals surface area contributed by atoms with Gasteiger partial charge in [-0.1, -0.05) is 19.1 Å². The van der Waals surface area contributed by atoms with Gasteiger partial charge in [0.1, 0.15) is 0 Å². The fraction of sp³-hybridized carbons (Fsp3) is 0.467. The molecule has 20 heavy (non-hydrogen) atoms. The summed E-state index contributed by atoms with van der Waals surface area (Å²) in [7, 11) is 0. The highest BCUT2D eigenvalue weighted by Crippen LogP contribution is 2.18.